The predicted molar refractivity (Wildman–Crippen MR) is 126 cm³/mol. The molecule has 3 aromatic rings. The number of hydrogen-bond acceptors (Lipinski definition) is 2. The highest BCUT2D eigenvalue weighted by atomic mass is 16.5. The van der Waals surface area contributed by atoms with E-state index >= 15 is 0 Å². The number of benzene rings is 2. The quantitative estimate of drug-likeness (QED) is 0.469. The fourth-order valence-corrected chi connectivity index (χ4v) is 5.15. The van der Waals surface area contributed by atoms with E-state index in [4.69, 9.17) is 10.5 Å². The van der Waals surface area contributed by atoms with Gasteiger partial charge in [-0.1, -0.05) is 56.2 Å². The Hall–Kier alpha value is -3.01. The number of primary amides is 1. The van der Waals surface area contributed by atoms with Gasteiger partial charge in [-0.15, -0.1) is 0 Å². The summed E-state index contributed by atoms with van der Waals surface area (Å²) in [5, 5.41) is 0. The number of carbonyl (C=O) groups is 1. The molecule has 0 fully saturated rings. The molecule has 0 radical (unpaired) electrons. The summed E-state index contributed by atoms with van der Waals surface area (Å²) < 4.78 is 7.76. The fourth-order valence-electron chi connectivity index (χ4n) is 5.15. The number of nitrogens with zero attached hydrogens (tertiary/aromatic N) is 1. The molecule has 1 heterocycles. The summed E-state index contributed by atoms with van der Waals surface area (Å²) in [6, 6.07) is 16.9. The average Bonchev–Trinajstić information content (AvgIpc) is 3.32. The monoisotopic (exact) mass is 416 g/mol. The third-order valence-electron chi connectivity index (χ3n) is 6.61. The molecule has 1 aliphatic rings. The summed E-state index contributed by atoms with van der Waals surface area (Å²) in [5.74, 6) is 0.447. The van der Waals surface area contributed by atoms with Crippen LogP contribution in [-0.4, -0.2) is 17.6 Å². The molecular formula is C27H32N2O2. The van der Waals surface area contributed by atoms with Crippen LogP contribution in [0.25, 0.3) is 11.1 Å². The van der Waals surface area contributed by atoms with Crippen LogP contribution in [0.3, 0.4) is 0 Å². The van der Waals surface area contributed by atoms with E-state index in [9.17, 15) is 4.79 Å². The number of rotatable bonds is 8. The normalized spacial score (nSPS) is 15.1. The van der Waals surface area contributed by atoms with Crippen LogP contribution >= 0.6 is 0 Å². The minimum atomic E-state index is -0.356. The number of ether oxygens (including phenoxy) is 1. The highest BCUT2D eigenvalue weighted by Crippen LogP contribution is 2.42. The lowest BCUT2D eigenvalue weighted by molar-refractivity contribution is 0.1000. The number of aryl methyl sites for hydroxylation is 1. The molecule has 162 valence electrons. The highest BCUT2D eigenvalue weighted by molar-refractivity contribution is 6.02. The van der Waals surface area contributed by atoms with Crippen molar-refractivity contribution < 1.29 is 9.53 Å². The first-order chi connectivity index (χ1) is 15.1. The lowest BCUT2D eigenvalue weighted by Gasteiger charge is -2.21. The molecule has 0 spiro atoms. The van der Waals surface area contributed by atoms with E-state index in [1.807, 2.05) is 24.3 Å². The highest BCUT2D eigenvalue weighted by Gasteiger charge is 2.31. The van der Waals surface area contributed by atoms with Gasteiger partial charge in [0.15, 0.2) is 0 Å². The molecule has 4 rings (SSSR count). The van der Waals surface area contributed by atoms with Gasteiger partial charge in [-0.3, -0.25) is 4.79 Å². The molecule has 4 heteroatoms. The zero-order valence-corrected chi connectivity index (χ0v) is 18.8. The van der Waals surface area contributed by atoms with Crippen LogP contribution in [0.15, 0.2) is 48.5 Å². The summed E-state index contributed by atoms with van der Waals surface area (Å²) in [4.78, 5) is 12.7. The first-order valence-corrected chi connectivity index (χ1v) is 11.3. The van der Waals surface area contributed by atoms with Gasteiger partial charge in [0.25, 0.3) is 5.91 Å². The maximum absolute atomic E-state index is 12.7. The lowest BCUT2D eigenvalue weighted by atomic mass is 9.97. The third-order valence-corrected chi connectivity index (χ3v) is 6.61. The Bertz CT molecular complexity index is 1080. The van der Waals surface area contributed by atoms with Crippen molar-refractivity contribution in [2.45, 2.75) is 58.4 Å². The van der Waals surface area contributed by atoms with Crippen molar-refractivity contribution in [3.63, 3.8) is 0 Å². The molecule has 0 saturated heterocycles. The second kappa shape index (κ2) is 9.01. The van der Waals surface area contributed by atoms with E-state index in [0.717, 1.165) is 54.7 Å². The first kappa shape index (κ1) is 21.2. The molecule has 0 aliphatic heterocycles. The van der Waals surface area contributed by atoms with Crippen LogP contribution in [0.5, 0.6) is 5.75 Å². The number of fused-ring (bicyclic) bond motifs is 1. The van der Waals surface area contributed by atoms with E-state index in [-0.39, 0.29) is 11.9 Å². The van der Waals surface area contributed by atoms with E-state index in [1.54, 1.807) is 7.11 Å². The Morgan fingerprint density at radius 3 is 2.55 bits per heavy atom. The Morgan fingerprint density at radius 2 is 1.87 bits per heavy atom. The second-order valence-corrected chi connectivity index (χ2v) is 8.46. The minimum Gasteiger partial charge on any atom is -0.497 e. The van der Waals surface area contributed by atoms with Crippen LogP contribution in [0, 0.1) is 6.92 Å². The van der Waals surface area contributed by atoms with Crippen molar-refractivity contribution in [3.05, 3.63) is 76.6 Å². The van der Waals surface area contributed by atoms with Crippen LogP contribution in [0.1, 0.15) is 71.5 Å². The van der Waals surface area contributed by atoms with Crippen LogP contribution in [-0.2, 0) is 12.8 Å². The van der Waals surface area contributed by atoms with Gasteiger partial charge < -0.3 is 15.0 Å². The Kier molecular flexibility index (Phi) is 6.17. The molecule has 1 atom stereocenters. The number of aromatic nitrogens is 1. The molecule has 1 amide bonds. The number of methoxy groups -OCH3 is 1. The van der Waals surface area contributed by atoms with Gasteiger partial charge in [-0.2, -0.15) is 0 Å². The number of unbranched alkanes of at least 4 members (excludes halogenated alkanes) is 2. The predicted octanol–water partition coefficient (Wildman–Crippen LogP) is 5.84. The van der Waals surface area contributed by atoms with Gasteiger partial charge in [0, 0.05) is 17.0 Å². The lowest BCUT2D eigenvalue weighted by Crippen LogP contribution is -2.15. The molecular weight excluding hydrogens is 384 g/mol. The third kappa shape index (κ3) is 3.87. The minimum absolute atomic E-state index is 0.248. The smallest absolute Gasteiger partial charge is 0.251 e. The number of hydrogen-bond donors (Lipinski definition) is 1. The van der Waals surface area contributed by atoms with Crippen LogP contribution in [0.2, 0.25) is 0 Å². The first-order valence-electron chi connectivity index (χ1n) is 11.3. The molecule has 1 aromatic heterocycles. The standard InChI is InChI=1S/C27H32N2O2/c1-4-5-6-11-24-26(20-12-15-21(31-3)16-13-20)25(27(28)30)18(2)29(24)23-17-14-19-9-7-8-10-22(19)23/h7-10,12-13,15-16,23H,4-6,11,14,17H2,1-3H3,(H2,28,30). The zero-order valence-electron chi connectivity index (χ0n) is 18.8. The molecule has 31 heavy (non-hydrogen) atoms. The van der Waals surface area contributed by atoms with Crippen molar-refractivity contribution in [2.75, 3.05) is 7.11 Å². The Morgan fingerprint density at radius 1 is 1.13 bits per heavy atom. The number of carbonyl (C=O) groups excluding carboxylic acids is 1. The van der Waals surface area contributed by atoms with Crippen molar-refractivity contribution in [1.29, 1.82) is 0 Å². The van der Waals surface area contributed by atoms with Gasteiger partial charge in [0.2, 0.25) is 0 Å². The van der Waals surface area contributed by atoms with Gasteiger partial charge in [-0.25, -0.2) is 0 Å². The van der Waals surface area contributed by atoms with Crippen molar-refractivity contribution in [3.8, 4) is 16.9 Å². The maximum Gasteiger partial charge on any atom is 0.251 e. The SMILES string of the molecule is CCCCCc1c(-c2ccc(OC)cc2)c(C(N)=O)c(C)n1C1CCc2ccccc21. The molecule has 1 aliphatic carbocycles. The van der Waals surface area contributed by atoms with Crippen molar-refractivity contribution in [2.24, 2.45) is 5.73 Å². The van der Waals surface area contributed by atoms with Gasteiger partial charge >= 0.3 is 0 Å². The summed E-state index contributed by atoms with van der Waals surface area (Å²) in [6.45, 7) is 4.27. The molecule has 2 N–H and O–H groups in total. The Labute approximate surface area is 185 Å². The number of amides is 1. The van der Waals surface area contributed by atoms with Crippen LogP contribution < -0.4 is 10.5 Å². The van der Waals surface area contributed by atoms with Gasteiger partial charge in [-0.05, 0) is 61.4 Å². The van der Waals surface area contributed by atoms with E-state index < -0.39 is 0 Å². The topological polar surface area (TPSA) is 57.2 Å². The molecule has 1 unspecified atom stereocenters. The molecule has 2 aromatic carbocycles. The van der Waals surface area contributed by atoms with Crippen molar-refractivity contribution >= 4 is 5.91 Å². The molecule has 0 saturated carbocycles. The fraction of sp³-hybridized carbons (Fsp3) is 0.370. The zero-order chi connectivity index (χ0) is 22.0. The van der Waals surface area contributed by atoms with Crippen molar-refractivity contribution in [1.82, 2.24) is 4.57 Å². The largest absolute Gasteiger partial charge is 0.497 e. The van der Waals surface area contributed by atoms with E-state index in [0.29, 0.717) is 5.56 Å². The van der Waals surface area contributed by atoms with E-state index in [1.165, 1.54) is 23.2 Å². The van der Waals surface area contributed by atoms with Gasteiger partial charge in [0.05, 0.1) is 18.7 Å². The summed E-state index contributed by atoms with van der Waals surface area (Å²) in [5.41, 5.74) is 13.6. The average molecular weight is 417 g/mol. The summed E-state index contributed by atoms with van der Waals surface area (Å²) >= 11 is 0. The number of nitrogens with two attached hydrogens (primary N) is 1. The van der Waals surface area contributed by atoms with Gasteiger partial charge in [0.1, 0.15) is 5.75 Å². The maximum atomic E-state index is 12.7. The second-order valence-electron chi connectivity index (χ2n) is 8.46. The molecule has 4 nitrogen and oxygen atoms in total. The Balaban J connectivity index is 1.92. The summed E-state index contributed by atoms with van der Waals surface area (Å²) in [6.07, 6.45) is 6.47. The van der Waals surface area contributed by atoms with E-state index in [2.05, 4.69) is 42.7 Å². The summed E-state index contributed by atoms with van der Waals surface area (Å²) in [7, 11) is 1.66. The molecule has 0 bridgehead atoms. The van der Waals surface area contributed by atoms with Crippen LogP contribution in [0.4, 0.5) is 0 Å².